The molecule has 3 aromatic heterocycles. The highest BCUT2D eigenvalue weighted by Gasteiger charge is 2.40. The van der Waals surface area contributed by atoms with Gasteiger partial charge in [-0.25, -0.2) is 0 Å². The fourth-order valence-corrected chi connectivity index (χ4v) is 5.03. The molecule has 0 amide bonds. The third-order valence-electron chi connectivity index (χ3n) is 6.27. The first-order valence-electron chi connectivity index (χ1n) is 10.6. The van der Waals surface area contributed by atoms with Crippen molar-refractivity contribution in [3.8, 4) is 6.07 Å². The van der Waals surface area contributed by atoms with Gasteiger partial charge < -0.3 is 15.6 Å². The molecule has 0 aliphatic carbocycles. The Hall–Kier alpha value is -3.12. The summed E-state index contributed by atoms with van der Waals surface area (Å²) < 4.78 is 0. The molecule has 0 radical (unpaired) electrons. The number of fused-ring (bicyclic) bond motifs is 3. The summed E-state index contributed by atoms with van der Waals surface area (Å²) in [6.07, 6.45) is 5.22. The van der Waals surface area contributed by atoms with E-state index in [0.717, 1.165) is 47.6 Å². The SMILES string of the molecule is Cc1cc(Nc2nc(NC3CC4CC[C@@H](C3)N4CCC#N)c3cc(C)[nH]c3n2)n[nH]1. The molecule has 2 fully saturated rings. The van der Waals surface area contributed by atoms with E-state index in [1.54, 1.807) is 0 Å². The van der Waals surface area contributed by atoms with Crippen molar-refractivity contribution in [3.63, 3.8) is 0 Å². The highest BCUT2D eigenvalue weighted by molar-refractivity contribution is 5.89. The third-order valence-corrected chi connectivity index (χ3v) is 6.27. The standard InChI is InChI=1S/C21H27N9/c1-12-8-17-19(23-12)26-21(25-18-9-13(2)28-29-18)27-20(17)24-14-10-15-4-5-16(11-14)30(15)7-3-6-22/h8-9,14-16H,3-5,7,10-11H2,1-2H3,(H4,23,24,25,26,27,28,29)/t14?,15-,16?/m0/s1. The number of rotatable bonds is 6. The van der Waals surface area contributed by atoms with E-state index in [1.807, 2.05) is 19.9 Å². The number of hydrogen-bond acceptors (Lipinski definition) is 7. The average Bonchev–Trinajstić information content (AvgIpc) is 3.35. The van der Waals surface area contributed by atoms with E-state index in [9.17, 15) is 0 Å². The lowest BCUT2D eigenvalue weighted by Gasteiger charge is -2.39. The molecule has 0 saturated carbocycles. The minimum absolute atomic E-state index is 0.370. The van der Waals surface area contributed by atoms with Crippen molar-refractivity contribution >= 4 is 28.6 Å². The van der Waals surface area contributed by atoms with E-state index < -0.39 is 0 Å². The molecule has 2 aliphatic heterocycles. The van der Waals surface area contributed by atoms with Crippen LogP contribution in [0, 0.1) is 25.2 Å². The second kappa shape index (κ2) is 7.61. The van der Waals surface area contributed by atoms with Crippen LogP contribution in [0.5, 0.6) is 0 Å². The van der Waals surface area contributed by atoms with Crippen LogP contribution in [0.2, 0.25) is 0 Å². The quantitative estimate of drug-likeness (QED) is 0.496. The topological polar surface area (TPSA) is 121 Å². The maximum atomic E-state index is 8.95. The van der Waals surface area contributed by atoms with Crippen LogP contribution < -0.4 is 10.6 Å². The number of aromatic amines is 2. The zero-order valence-electron chi connectivity index (χ0n) is 17.4. The van der Waals surface area contributed by atoms with E-state index in [4.69, 9.17) is 10.2 Å². The largest absolute Gasteiger partial charge is 0.366 e. The summed E-state index contributed by atoms with van der Waals surface area (Å²) in [5, 5.41) is 24.0. The number of piperidine rings is 1. The molecule has 2 saturated heterocycles. The second-order valence-electron chi connectivity index (χ2n) is 8.52. The maximum Gasteiger partial charge on any atom is 0.232 e. The monoisotopic (exact) mass is 405 g/mol. The number of nitriles is 1. The molecule has 30 heavy (non-hydrogen) atoms. The summed E-state index contributed by atoms with van der Waals surface area (Å²) in [6.45, 7) is 4.88. The van der Waals surface area contributed by atoms with Crippen molar-refractivity contribution in [2.24, 2.45) is 0 Å². The molecule has 2 unspecified atom stereocenters. The molecule has 9 heteroatoms. The number of hydrogen-bond donors (Lipinski definition) is 4. The summed E-state index contributed by atoms with van der Waals surface area (Å²) >= 11 is 0. The zero-order valence-corrected chi connectivity index (χ0v) is 17.4. The maximum absolute atomic E-state index is 8.95. The number of nitrogens with one attached hydrogen (secondary N) is 4. The number of H-pyrrole nitrogens is 2. The van der Waals surface area contributed by atoms with Crippen molar-refractivity contribution in [1.29, 1.82) is 5.26 Å². The second-order valence-corrected chi connectivity index (χ2v) is 8.52. The van der Waals surface area contributed by atoms with Gasteiger partial charge in [0.25, 0.3) is 0 Å². The Morgan fingerprint density at radius 1 is 1.17 bits per heavy atom. The minimum Gasteiger partial charge on any atom is -0.366 e. The van der Waals surface area contributed by atoms with Crippen LogP contribution in [0.25, 0.3) is 11.0 Å². The fraction of sp³-hybridized carbons (Fsp3) is 0.524. The molecule has 5 rings (SSSR count). The number of aryl methyl sites for hydroxylation is 2. The molecule has 9 nitrogen and oxygen atoms in total. The summed E-state index contributed by atoms with van der Waals surface area (Å²) in [5.41, 5.74) is 2.85. The molecule has 3 aromatic rings. The van der Waals surface area contributed by atoms with Gasteiger partial charge in [0.05, 0.1) is 11.5 Å². The highest BCUT2D eigenvalue weighted by Crippen LogP contribution is 2.37. The molecule has 4 N–H and O–H groups in total. The van der Waals surface area contributed by atoms with Gasteiger partial charge in [0.2, 0.25) is 5.95 Å². The van der Waals surface area contributed by atoms with Crippen molar-refractivity contribution in [3.05, 3.63) is 23.5 Å². The smallest absolute Gasteiger partial charge is 0.232 e. The third kappa shape index (κ3) is 3.59. The Labute approximate surface area is 175 Å². The Bertz CT molecular complexity index is 1080. The van der Waals surface area contributed by atoms with Gasteiger partial charge in [0.1, 0.15) is 11.5 Å². The molecule has 2 bridgehead atoms. The first-order valence-corrected chi connectivity index (χ1v) is 10.6. The molecular formula is C21H27N9. The Kier molecular flexibility index (Phi) is 4.79. The van der Waals surface area contributed by atoms with E-state index in [2.05, 4.69) is 47.8 Å². The lowest BCUT2D eigenvalue weighted by atomic mass is 9.97. The normalized spacial score (nSPS) is 23.6. The lowest BCUT2D eigenvalue weighted by molar-refractivity contribution is 0.136. The predicted octanol–water partition coefficient (Wildman–Crippen LogP) is 3.36. The first kappa shape index (κ1) is 18.9. The van der Waals surface area contributed by atoms with Crippen molar-refractivity contribution in [2.45, 2.75) is 64.1 Å². The lowest BCUT2D eigenvalue weighted by Crippen LogP contribution is -2.47. The van der Waals surface area contributed by atoms with Crippen LogP contribution >= 0.6 is 0 Å². The van der Waals surface area contributed by atoms with Gasteiger partial charge >= 0.3 is 0 Å². The summed E-state index contributed by atoms with van der Waals surface area (Å²) in [6, 6.07) is 7.80. The fourth-order valence-electron chi connectivity index (χ4n) is 5.03. The zero-order chi connectivity index (χ0) is 20.7. The van der Waals surface area contributed by atoms with Crippen molar-refractivity contribution < 1.29 is 0 Å². The Morgan fingerprint density at radius 2 is 1.97 bits per heavy atom. The van der Waals surface area contributed by atoms with Crippen LogP contribution in [0.4, 0.5) is 17.6 Å². The van der Waals surface area contributed by atoms with Crippen molar-refractivity contribution in [2.75, 3.05) is 17.2 Å². The summed E-state index contributed by atoms with van der Waals surface area (Å²) in [5.74, 6) is 2.08. The van der Waals surface area contributed by atoms with Crippen LogP contribution in [-0.4, -0.2) is 54.7 Å². The summed E-state index contributed by atoms with van der Waals surface area (Å²) in [4.78, 5) is 15.3. The first-order chi connectivity index (χ1) is 14.6. The van der Waals surface area contributed by atoms with Gasteiger partial charge in [-0.05, 0) is 45.6 Å². The van der Waals surface area contributed by atoms with Gasteiger partial charge in [-0.2, -0.15) is 20.3 Å². The molecule has 0 spiro atoms. The molecule has 5 heterocycles. The van der Waals surface area contributed by atoms with Crippen LogP contribution in [0.3, 0.4) is 0 Å². The van der Waals surface area contributed by atoms with Gasteiger partial charge in [0.15, 0.2) is 5.82 Å². The molecule has 156 valence electrons. The van der Waals surface area contributed by atoms with Crippen LogP contribution in [0.15, 0.2) is 12.1 Å². The van der Waals surface area contributed by atoms with Gasteiger partial charge in [-0.1, -0.05) is 0 Å². The van der Waals surface area contributed by atoms with E-state index in [1.165, 1.54) is 12.8 Å². The van der Waals surface area contributed by atoms with E-state index >= 15 is 0 Å². The molecule has 2 aliphatic rings. The van der Waals surface area contributed by atoms with Gasteiger partial charge in [-0.3, -0.25) is 10.00 Å². The van der Waals surface area contributed by atoms with E-state index in [-0.39, 0.29) is 0 Å². The van der Waals surface area contributed by atoms with Crippen LogP contribution in [0.1, 0.15) is 43.5 Å². The minimum atomic E-state index is 0.370. The molecular weight excluding hydrogens is 378 g/mol. The highest BCUT2D eigenvalue weighted by atomic mass is 15.3. The molecule has 0 aromatic carbocycles. The van der Waals surface area contributed by atoms with Gasteiger partial charge in [-0.15, -0.1) is 0 Å². The Balaban J connectivity index is 1.38. The average molecular weight is 406 g/mol. The number of aromatic nitrogens is 5. The predicted molar refractivity (Wildman–Crippen MR) is 116 cm³/mol. The molecule has 3 atom stereocenters. The number of anilines is 3. The number of nitrogens with zero attached hydrogens (tertiary/aromatic N) is 5. The van der Waals surface area contributed by atoms with E-state index in [0.29, 0.717) is 36.3 Å². The van der Waals surface area contributed by atoms with Crippen LogP contribution in [-0.2, 0) is 0 Å². The Morgan fingerprint density at radius 3 is 2.67 bits per heavy atom. The van der Waals surface area contributed by atoms with Crippen molar-refractivity contribution in [1.82, 2.24) is 30.0 Å². The summed E-state index contributed by atoms with van der Waals surface area (Å²) in [7, 11) is 0. The van der Waals surface area contributed by atoms with Gasteiger partial charge in [0, 0.05) is 48.5 Å².